The third kappa shape index (κ3) is 5.05. The summed E-state index contributed by atoms with van der Waals surface area (Å²) < 4.78 is 11.4. The van der Waals surface area contributed by atoms with Gasteiger partial charge in [-0.25, -0.2) is 0 Å². The van der Waals surface area contributed by atoms with E-state index in [0.717, 1.165) is 37.9 Å². The van der Waals surface area contributed by atoms with E-state index in [-0.39, 0.29) is 16.6 Å². The molecule has 0 aromatic heterocycles. The summed E-state index contributed by atoms with van der Waals surface area (Å²) in [5, 5.41) is 21.3. The molecule has 2 saturated carbocycles. The van der Waals surface area contributed by atoms with E-state index in [9.17, 15) is 15.0 Å². The van der Waals surface area contributed by atoms with Gasteiger partial charge in [-0.15, -0.1) is 0 Å². The molecule has 0 bridgehead atoms. The van der Waals surface area contributed by atoms with Crippen LogP contribution < -0.4 is 4.74 Å². The Morgan fingerprint density at radius 1 is 1.08 bits per heavy atom. The zero-order valence-corrected chi connectivity index (χ0v) is 22.1. The summed E-state index contributed by atoms with van der Waals surface area (Å²) in [6, 6.07) is 14.4. The zero-order chi connectivity index (χ0) is 25.3. The maximum atomic E-state index is 11.0. The largest absolute Gasteiger partial charge is 0.508 e. The molecule has 0 radical (unpaired) electrons. The lowest BCUT2D eigenvalue weighted by molar-refractivity contribution is -0.109. The van der Waals surface area contributed by atoms with Gasteiger partial charge in [-0.05, 0) is 102 Å². The van der Waals surface area contributed by atoms with Gasteiger partial charge >= 0.3 is 0 Å². The van der Waals surface area contributed by atoms with Gasteiger partial charge in [0.15, 0.2) is 5.12 Å². The lowest BCUT2D eigenvalue weighted by atomic mass is 9.51. The number of hydrogen-bond donors (Lipinski definition) is 2. The Bertz CT molecular complexity index is 1070. The third-order valence-corrected chi connectivity index (χ3v) is 9.78. The van der Waals surface area contributed by atoms with Crippen molar-refractivity contribution in [3.05, 3.63) is 59.2 Å². The Labute approximate surface area is 218 Å². The van der Waals surface area contributed by atoms with Crippen LogP contribution in [0.1, 0.15) is 68.1 Å². The Balaban J connectivity index is 1.31. The average molecular weight is 511 g/mol. The molecule has 2 fully saturated rings. The molecule has 0 saturated heterocycles. The smallest absolute Gasteiger partial charge is 0.185 e. The van der Waals surface area contributed by atoms with Crippen molar-refractivity contribution in [3.8, 4) is 11.5 Å². The molecule has 3 aliphatic carbocycles. The topological polar surface area (TPSA) is 76.0 Å². The predicted octanol–water partition coefficient (Wildman–Crippen LogP) is 5.68. The Morgan fingerprint density at radius 2 is 1.89 bits per heavy atom. The van der Waals surface area contributed by atoms with Crippen LogP contribution in [0, 0.1) is 17.3 Å². The molecule has 0 spiro atoms. The monoisotopic (exact) mass is 510 g/mol. The fraction of sp³-hybridized carbons (Fsp3) is 0.567. The number of aryl methyl sites for hydroxylation is 1. The molecule has 0 unspecified atom stereocenters. The number of fused-ring (bicyclic) bond motifs is 5. The minimum atomic E-state index is -0.233. The summed E-state index contributed by atoms with van der Waals surface area (Å²) >= 11 is 1.28. The second kappa shape index (κ2) is 10.8. The van der Waals surface area contributed by atoms with Gasteiger partial charge in [-0.2, -0.15) is 0 Å². The highest BCUT2D eigenvalue weighted by Gasteiger charge is 2.57. The van der Waals surface area contributed by atoms with Crippen molar-refractivity contribution < 1.29 is 24.5 Å². The molecule has 6 heteroatoms. The molecule has 5 nitrogen and oxygen atoms in total. The minimum absolute atomic E-state index is 0.0482. The number of hydrogen-bond acceptors (Lipinski definition) is 6. The number of aliphatic hydroxyl groups excluding tert-OH is 1. The highest BCUT2D eigenvalue weighted by atomic mass is 32.2. The van der Waals surface area contributed by atoms with Crippen molar-refractivity contribution in [1.82, 2.24) is 0 Å². The van der Waals surface area contributed by atoms with Gasteiger partial charge in [0.05, 0.1) is 19.3 Å². The van der Waals surface area contributed by atoms with Gasteiger partial charge < -0.3 is 19.7 Å². The predicted molar refractivity (Wildman–Crippen MR) is 143 cm³/mol. The summed E-state index contributed by atoms with van der Waals surface area (Å²) in [4.78, 5) is 11.0. The number of rotatable bonds is 8. The van der Waals surface area contributed by atoms with Crippen LogP contribution in [-0.4, -0.2) is 47.0 Å². The highest BCUT2D eigenvalue weighted by Crippen LogP contribution is 2.65. The van der Waals surface area contributed by atoms with E-state index < -0.39 is 0 Å². The summed E-state index contributed by atoms with van der Waals surface area (Å²) in [5.74, 6) is 3.68. The number of aliphatic hydroxyl groups is 1. The highest BCUT2D eigenvalue weighted by molar-refractivity contribution is 8.13. The van der Waals surface area contributed by atoms with Gasteiger partial charge in [0, 0.05) is 12.7 Å². The van der Waals surface area contributed by atoms with Crippen molar-refractivity contribution >= 4 is 16.9 Å². The van der Waals surface area contributed by atoms with Crippen LogP contribution in [0.4, 0.5) is 0 Å². The fourth-order valence-electron chi connectivity index (χ4n) is 7.37. The number of phenolic OH excluding ortho intramolecular Hbond substituents is 1. The van der Waals surface area contributed by atoms with E-state index in [2.05, 4.69) is 37.3 Å². The van der Waals surface area contributed by atoms with E-state index in [4.69, 9.17) is 9.47 Å². The maximum absolute atomic E-state index is 11.0. The number of carbonyl (C=O) groups excluding carboxylic acids is 1. The Hall–Kier alpha value is -2.02. The minimum Gasteiger partial charge on any atom is -0.508 e. The first-order valence-electron chi connectivity index (χ1n) is 13.3. The molecule has 2 aromatic carbocycles. The Morgan fingerprint density at radius 3 is 2.67 bits per heavy atom. The van der Waals surface area contributed by atoms with E-state index in [1.54, 1.807) is 6.92 Å². The second-order valence-electron chi connectivity index (χ2n) is 11.0. The third-order valence-electron chi connectivity index (χ3n) is 9.00. The van der Waals surface area contributed by atoms with Gasteiger partial charge in [0.2, 0.25) is 0 Å². The fourth-order valence-corrected chi connectivity index (χ4v) is 7.86. The normalized spacial score (nSPS) is 30.8. The average Bonchev–Trinajstić information content (AvgIpc) is 3.16. The number of thioether (sulfide) groups is 1. The molecule has 0 amide bonds. The van der Waals surface area contributed by atoms with Crippen LogP contribution >= 0.6 is 11.8 Å². The van der Waals surface area contributed by atoms with Crippen LogP contribution in [0.2, 0.25) is 0 Å². The van der Waals surface area contributed by atoms with Crippen LogP contribution in [-0.2, 0) is 16.0 Å². The molecular formula is C30H38O5S. The van der Waals surface area contributed by atoms with Crippen molar-refractivity contribution in [2.45, 2.75) is 63.9 Å². The van der Waals surface area contributed by atoms with Crippen LogP contribution in [0.3, 0.4) is 0 Å². The van der Waals surface area contributed by atoms with Crippen molar-refractivity contribution in [1.29, 1.82) is 0 Å². The summed E-state index contributed by atoms with van der Waals surface area (Å²) in [5.41, 5.74) is 3.92. The standard InChI is InChI=1S/C30H38O5S/c1-19(31)36-16-15-34-13-14-35-23-7-3-20(4-8-23)26-18-30(2)27(11-12-28(30)33)25-9-5-21-17-22(32)6-10-24(21)29(25)26/h3-4,6-8,10,17,25-29,32-33H,5,9,11-16,18H2,1-2H3/t25-,26+,27-,28-,29+,30-/m0/s1. The molecule has 5 rings (SSSR count). The first kappa shape index (κ1) is 25.6. The van der Waals surface area contributed by atoms with Crippen LogP contribution in [0.25, 0.3) is 0 Å². The maximum Gasteiger partial charge on any atom is 0.185 e. The molecule has 0 aliphatic heterocycles. The quantitative estimate of drug-likeness (QED) is 0.445. The molecule has 3 aliphatic rings. The molecular weight excluding hydrogens is 472 g/mol. The lowest BCUT2D eigenvalue weighted by Crippen LogP contribution is -2.47. The summed E-state index contributed by atoms with van der Waals surface area (Å²) in [6.45, 7) is 5.39. The number of phenols is 1. The lowest BCUT2D eigenvalue weighted by Gasteiger charge is -2.54. The number of benzene rings is 2. The SMILES string of the molecule is CC(=O)SCCOCCOc1ccc([C@H]2C[C@]3(C)[C@@H](O)CC[C@H]3[C@@H]3CCc4cc(O)ccc4[C@H]32)cc1. The number of aromatic hydroxyl groups is 1. The van der Waals surface area contributed by atoms with Crippen LogP contribution in [0.5, 0.6) is 11.5 Å². The molecule has 2 aromatic rings. The zero-order valence-electron chi connectivity index (χ0n) is 21.3. The molecule has 36 heavy (non-hydrogen) atoms. The molecule has 194 valence electrons. The first-order valence-corrected chi connectivity index (χ1v) is 14.3. The van der Waals surface area contributed by atoms with E-state index >= 15 is 0 Å². The van der Waals surface area contributed by atoms with Gasteiger partial charge in [0.1, 0.15) is 18.1 Å². The van der Waals surface area contributed by atoms with E-state index in [0.29, 0.717) is 55.0 Å². The van der Waals surface area contributed by atoms with Crippen molar-refractivity contribution in [3.63, 3.8) is 0 Å². The number of ether oxygens (including phenoxy) is 2. The molecule has 6 atom stereocenters. The summed E-state index contributed by atoms with van der Waals surface area (Å²) in [6.07, 6.45) is 4.89. The van der Waals surface area contributed by atoms with Gasteiger partial charge in [-0.1, -0.05) is 36.9 Å². The van der Waals surface area contributed by atoms with Crippen molar-refractivity contribution in [2.24, 2.45) is 17.3 Å². The summed E-state index contributed by atoms with van der Waals surface area (Å²) in [7, 11) is 0. The first-order chi connectivity index (χ1) is 17.4. The molecule has 2 N–H and O–H groups in total. The van der Waals surface area contributed by atoms with Gasteiger partial charge in [0.25, 0.3) is 0 Å². The molecule has 0 heterocycles. The van der Waals surface area contributed by atoms with E-state index in [1.807, 2.05) is 12.1 Å². The van der Waals surface area contributed by atoms with E-state index in [1.165, 1.54) is 28.5 Å². The van der Waals surface area contributed by atoms with Gasteiger partial charge in [-0.3, -0.25) is 4.79 Å². The number of carbonyl (C=O) groups is 1. The van der Waals surface area contributed by atoms with Crippen molar-refractivity contribution in [2.75, 3.05) is 25.6 Å². The second-order valence-corrected chi connectivity index (χ2v) is 12.3. The Kier molecular flexibility index (Phi) is 7.66. The van der Waals surface area contributed by atoms with Crippen LogP contribution in [0.15, 0.2) is 42.5 Å².